The van der Waals surface area contributed by atoms with E-state index in [1.54, 1.807) is 11.3 Å². The van der Waals surface area contributed by atoms with E-state index in [4.69, 9.17) is 14.2 Å². The standard InChI is InChI=1S/C13H20N2O3S/c1-10-9-19-12(15-10)7-14-6-11-8-17-13(18-11)2-4-16-5-3-13/h9,11,14H,2-8H2,1H3. The molecule has 0 amide bonds. The summed E-state index contributed by atoms with van der Waals surface area (Å²) in [5.41, 5.74) is 1.09. The summed E-state index contributed by atoms with van der Waals surface area (Å²) in [5.74, 6) is -0.373. The largest absolute Gasteiger partial charge is 0.381 e. The molecular formula is C13H20N2O3S. The average Bonchev–Trinajstić information content (AvgIpc) is 2.99. The summed E-state index contributed by atoms with van der Waals surface area (Å²) in [6.45, 7) is 5.76. The Morgan fingerprint density at radius 3 is 3.05 bits per heavy atom. The van der Waals surface area contributed by atoms with Crippen LogP contribution in [0, 0.1) is 6.92 Å². The van der Waals surface area contributed by atoms with Crippen LogP contribution in [-0.4, -0.2) is 43.2 Å². The van der Waals surface area contributed by atoms with E-state index in [0.717, 1.165) is 49.8 Å². The number of thiazole rings is 1. The van der Waals surface area contributed by atoms with Crippen LogP contribution >= 0.6 is 11.3 Å². The van der Waals surface area contributed by atoms with Gasteiger partial charge in [0.05, 0.1) is 25.9 Å². The van der Waals surface area contributed by atoms with Crippen molar-refractivity contribution in [2.24, 2.45) is 0 Å². The van der Waals surface area contributed by atoms with Crippen LogP contribution in [0.5, 0.6) is 0 Å². The number of rotatable bonds is 4. The zero-order chi connectivity index (χ0) is 13.1. The van der Waals surface area contributed by atoms with Gasteiger partial charge < -0.3 is 19.5 Å². The highest BCUT2D eigenvalue weighted by Crippen LogP contribution is 2.32. The molecular weight excluding hydrogens is 264 g/mol. The highest BCUT2D eigenvalue weighted by molar-refractivity contribution is 7.09. The summed E-state index contributed by atoms with van der Waals surface area (Å²) in [5, 5.41) is 6.59. The van der Waals surface area contributed by atoms with Crippen LogP contribution in [-0.2, 0) is 20.8 Å². The number of aryl methyl sites for hydroxylation is 1. The average molecular weight is 284 g/mol. The first-order valence-corrected chi connectivity index (χ1v) is 7.65. The number of hydrogen-bond donors (Lipinski definition) is 1. The minimum atomic E-state index is -0.373. The smallest absolute Gasteiger partial charge is 0.173 e. The van der Waals surface area contributed by atoms with Gasteiger partial charge in [0, 0.05) is 37.0 Å². The van der Waals surface area contributed by atoms with Gasteiger partial charge in [0.2, 0.25) is 0 Å². The molecule has 2 aliphatic heterocycles. The van der Waals surface area contributed by atoms with Gasteiger partial charge in [-0.15, -0.1) is 11.3 Å². The monoisotopic (exact) mass is 284 g/mol. The van der Waals surface area contributed by atoms with Crippen LogP contribution in [0.15, 0.2) is 5.38 Å². The van der Waals surface area contributed by atoms with Gasteiger partial charge in [-0.2, -0.15) is 0 Å². The Kier molecular flexibility index (Phi) is 4.14. The Morgan fingerprint density at radius 1 is 1.47 bits per heavy atom. The van der Waals surface area contributed by atoms with Gasteiger partial charge in [-0.1, -0.05) is 0 Å². The fraction of sp³-hybridized carbons (Fsp3) is 0.769. The van der Waals surface area contributed by atoms with E-state index in [9.17, 15) is 0 Å². The van der Waals surface area contributed by atoms with Crippen molar-refractivity contribution < 1.29 is 14.2 Å². The highest BCUT2D eigenvalue weighted by Gasteiger charge is 2.42. The quantitative estimate of drug-likeness (QED) is 0.907. The molecule has 0 aliphatic carbocycles. The zero-order valence-electron chi connectivity index (χ0n) is 11.2. The third-order valence-corrected chi connectivity index (χ3v) is 4.45. The van der Waals surface area contributed by atoms with Crippen molar-refractivity contribution >= 4 is 11.3 Å². The molecule has 1 unspecified atom stereocenters. The minimum absolute atomic E-state index is 0.138. The summed E-state index contributed by atoms with van der Waals surface area (Å²) in [6.07, 6.45) is 1.82. The molecule has 1 N–H and O–H groups in total. The first-order valence-electron chi connectivity index (χ1n) is 6.77. The van der Waals surface area contributed by atoms with Crippen molar-refractivity contribution in [2.75, 3.05) is 26.4 Å². The molecule has 2 aliphatic rings. The summed E-state index contributed by atoms with van der Waals surface area (Å²) in [7, 11) is 0. The number of nitrogens with zero attached hydrogens (tertiary/aromatic N) is 1. The van der Waals surface area contributed by atoms with Gasteiger partial charge in [0.25, 0.3) is 0 Å². The van der Waals surface area contributed by atoms with Crippen molar-refractivity contribution in [1.29, 1.82) is 0 Å². The van der Waals surface area contributed by atoms with Gasteiger partial charge in [-0.3, -0.25) is 0 Å². The van der Waals surface area contributed by atoms with Crippen molar-refractivity contribution in [1.82, 2.24) is 10.3 Å². The number of ether oxygens (including phenoxy) is 3. The lowest BCUT2D eigenvalue weighted by Gasteiger charge is -2.31. The van der Waals surface area contributed by atoms with Crippen LogP contribution in [0.1, 0.15) is 23.5 Å². The maximum atomic E-state index is 6.05. The minimum Gasteiger partial charge on any atom is -0.381 e. The maximum Gasteiger partial charge on any atom is 0.173 e. The third kappa shape index (κ3) is 3.32. The molecule has 6 heteroatoms. The molecule has 19 heavy (non-hydrogen) atoms. The van der Waals surface area contributed by atoms with Crippen LogP contribution in [0.25, 0.3) is 0 Å². The van der Waals surface area contributed by atoms with Crippen molar-refractivity contribution in [3.8, 4) is 0 Å². The molecule has 0 aromatic carbocycles. The lowest BCUT2D eigenvalue weighted by Crippen LogP contribution is -2.39. The molecule has 3 rings (SSSR count). The SMILES string of the molecule is Cc1csc(CNCC2COC3(CCOCC3)O2)n1. The summed E-state index contributed by atoms with van der Waals surface area (Å²) in [6, 6.07) is 0. The second kappa shape index (κ2) is 5.85. The van der Waals surface area contributed by atoms with E-state index in [1.165, 1.54) is 0 Å². The topological polar surface area (TPSA) is 52.6 Å². The van der Waals surface area contributed by atoms with Crippen LogP contribution in [0.2, 0.25) is 0 Å². The second-order valence-corrected chi connectivity index (χ2v) is 6.03. The Balaban J connectivity index is 1.42. The molecule has 2 fully saturated rings. The summed E-state index contributed by atoms with van der Waals surface area (Å²) >= 11 is 1.69. The van der Waals surface area contributed by atoms with Crippen LogP contribution < -0.4 is 5.32 Å². The number of hydrogen-bond acceptors (Lipinski definition) is 6. The fourth-order valence-electron chi connectivity index (χ4n) is 2.49. The van der Waals surface area contributed by atoms with Crippen molar-refractivity contribution in [3.05, 3.63) is 16.1 Å². The summed E-state index contributed by atoms with van der Waals surface area (Å²) < 4.78 is 17.2. The van der Waals surface area contributed by atoms with E-state index in [1.807, 2.05) is 6.92 Å². The Labute approximate surface area is 117 Å². The molecule has 0 saturated carbocycles. The van der Waals surface area contributed by atoms with Crippen LogP contribution in [0.3, 0.4) is 0 Å². The molecule has 1 atom stereocenters. The number of aromatic nitrogens is 1. The van der Waals surface area contributed by atoms with E-state index in [0.29, 0.717) is 6.61 Å². The lowest BCUT2D eigenvalue weighted by molar-refractivity contribution is -0.210. The Morgan fingerprint density at radius 2 is 2.32 bits per heavy atom. The first-order chi connectivity index (χ1) is 9.26. The first kappa shape index (κ1) is 13.5. The van der Waals surface area contributed by atoms with Gasteiger partial charge in [0.15, 0.2) is 5.79 Å². The third-order valence-electron chi connectivity index (χ3n) is 3.48. The van der Waals surface area contributed by atoms with E-state index >= 15 is 0 Å². The molecule has 1 aromatic heterocycles. The van der Waals surface area contributed by atoms with E-state index in [-0.39, 0.29) is 11.9 Å². The van der Waals surface area contributed by atoms with Gasteiger partial charge >= 0.3 is 0 Å². The summed E-state index contributed by atoms with van der Waals surface area (Å²) in [4.78, 5) is 4.43. The molecule has 1 spiro atoms. The van der Waals surface area contributed by atoms with E-state index in [2.05, 4.69) is 15.7 Å². The molecule has 2 saturated heterocycles. The van der Waals surface area contributed by atoms with Gasteiger partial charge in [-0.25, -0.2) is 4.98 Å². The van der Waals surface area contributed by atoms with Crippen molar-refractivity contribution in [2.45, 2.75) is 38.2 Å². The van der Waals surface area contributed by atoms with Gasteiger partial charge in [-0.05, 0) is 6.92 Å². The predicted molar refractivity (Wildman–Crippen MR) is 72.2 cm³/mol. The normalized spacial score (nSPS) is 26.1. The molecule has 106 valence electrons. The Hall–Kier alpha value is -0.530. The molecule has 0 bridgehead atoms. The van der Waals surface area contributed by atoms with Gasteiger partial charge in [0.1, 0.15) is 5.01 Å². The predicted octanol–water partition coefficient (Wildman–Crippen LogP) is 1.46. The fourth-order valence-corrected chi connectivity index (χ4v) is 3.23. The lowest BCUT2D eigenvalue weighted by atomic mass is 10.1. The number of nitrogens with one attached hydrogen (secondary N) is 1. The molecule has 3 heterocycles. The molecule has 5 nitrogen and oxygen atoms in total. The zero-order valence-corrected chi connectivity index (χ0v) is 12.0. The van der Waals surface area contributed by atoms with Crippen molar-refractivity contribution in [3.63, 3.8) is 0 Å². The molecule has 1 aromatic rings. The van der Waals surface area contributed by atoms with Crippen LogP contribution in [0.4, 0.5) is 0 Å². The maximum absolute atomic E-state index is 6.05. The highest BCUT2D eigenvalue weighted by atomic mass is 32.1. The van der Waals surface area contributed by atoms with E-state index < -0.39 is 0 Å². The Bertz CT molecular complexity index is 418. The second-order valence-electron chi connectivity index (χ2n) is 5.09. The molecule has 0 radical (unpaired) electrons.